The molecule has 0 aromatic heterocycles. The van der Waals surface area contributed by atoms with Crippen molar-refractivity contribution in [2.45, 2.75) is 12.8 Å². The number of sulfonamides is 1. The van der Waals surface area contributed by atoms with E-state index < -0.39 is 10.0 Å². The van der Waals surface area contributed by atoms with Crippen LogP contribution in [0.25, 0.3) is 0 Å². The third kappa shape index (κ3) is 5.75. The number of piperidine rings is 1. The van der Waals surface area contributed by atoms with Crippen molar-refractivity contribution in [3.8, 4) is 0 Å². The van der Waals surface area contributed by atoms with Gasteiger partial charge < -0.3 is 15.0 Å². The van der Waals surface area contributed by atoms with Crippen LogP contribution < -0.4 is 5.32 Å². The van der Waals surface area contributed by atoms with Gasteiger partial charge in [0.25, 0.3) is 0 Å². The molecule has 0 aromatic carbocycles. The molecule has 0 aliphatic carbocycles. The first kappa shape index (κ1) is 20.3. The summed E-state index contributed by atoms with van der Waals surface area (Å²) >= 11 is 1.79. The number of hydrogen-bond acceptors (Lipinski definition) is 6. The summed E-state index contributed by atoms with van der Waals surface area (Å²) in [6.07, 6.45) is 1.44. The van der Waals surface area contributed by atoms with E-state index >= 15 is 0 Å². The molecule has 8 nitrogen and oxygen atoms in total. The number of guanidine groups is 1. The van der Waals surface area contributed by atoms with E-state index in [1.165, 1.54) is 7.11 Å². The van der Waals surface area contributed by atoms with Gasteiger partial charge in [-0.2, -0.15) is 11.8 Å². The largest absolute Gasteiger partial charge is 0.469 e. The van der Waals surface area contributed by atoms with Crippen LogP contribution in [-0.4, -0.2) is 93.7 Å². The molecule has 10 heteroatoms. The van der Waals surface area contributed by atoms with E-state index in [0.717, 1.165) is 24.3 Å². The minimum absolute atomic E-state index is 0.0586. The summed E-state index contributed by atoms with van der Waals surface area (Å²) in [5.41, 5.74) is 0. The highest BCUT2D eigenvalue weighted by Gasteiger charge is 2.27. The van der Waals surface area contributed by atoms with Crippen LogP contribution in [0.5, 0.6) is 0 Å². The number of esters is 1. The Morgan fingerprint density at radius 2 is 1.88 bits per heavy atom. The zero-order chi connectivity index (χ0) is 18.3. The predicted molar refractivity (Wildman–Crippen MR) is 100 cm³/mol. The van der Waals surface area contributed by atoms with Crippen molar-refractivity contribution < 1.29 is 17.9 Å². The SMILES string of the molecule is CN=C(NCCS(=O)(=O)N1CCSCC1)N1CCC(C(=O)OC)CC1. The number of ether oxygens (including phenoxy) is 1. The Hall–Kier alpha value is -1.00. The van der Waals surface area contributed by atoms with E-state index in [9.17, 15) is 13.2 Å². The van der Waals surface area contributed by atoms with Gasteiger partial charge >= 0.3 is 5.97 Å². The van der Waals surface area contributed by atoms with Gasteiger partial charge in [0.05, 0.1) is 18.8 Å². The summed E-state index contributed by atoms with van der Waals surface area (Å²) < 4.78 is 31.1. The second kappa shape index (κ2) is 9.63. The summed E-state index contributed by atoms with van der Waals surface area (Å²) in [5, 5.41) is 3.14. The Labute approximate surface area is 154 Å². The number of likely N-dealkylation sites (tertiary alicyclic amines) is 1. The van der Waals surface area contributed by atoms with Crippen LogP contribution in [0.3, 0.4) is 0 Å². The van der Waals surface area contributed by atoms with Crippen LogP contribution in [0.4, 0.5) is 0 Å². The maximum absolute atomic E-state index is 12.4. The summed E-state index contributed by atoms with van der Waals surface area (Å²) in [6.45, 7) is 2.94. The molecule has 1 N–H and O–H groups in total. The Balaban J connectivity index is 1.78. The molecule has 2 rings (SSSR count). The first-order chi connectivity index (χ1) is 12.0. The molecular weight excluding hydrogens is 364 g/mol. The monoisotopic (exact) mass is 392 g/mol. The summed E-state index contributed by atoms with van der Waals surface area (Å²) in [6, 6.07) is 0. The van der Waals surface area contributed by atoms with Crippen LogP contribution >= 0.6 is 11.8 Å². The normalized spacial score (nSPS) is 21.2. The lowest BCUT2D eigenvalue weighted by Crippen LogP contribution is -2.48. The number of hydrogen-bond donors (Lipinski definition) is 1. The molecule has 25 heavy (non-hydrogen) atoms. The zero-order valence-electron chi connectivity index (χ0n) is 14.9. The van der Waals surface area contributed by atoms with Gasteiger partial charge in [0.2, 0.25) is 10.0 Å². The van der Waals surface area contributed by atoms with E-state index in [2.05, 4.69) is 15.2 Å². The number of nitrogens with one attached hydrogen (secondary N) is 1. The van der Waals surface area contributed by atoms with Gasteiger partial charge in [0.15, 0.2) is 5.96 Å². The second-order valence-electron chi connectivity index (χ2n) is 6.09. The third-order valence-corrected chi connectivity index (χ3v) is 7.36. The highest BCUT2D eigenvalue weighted by Crippen LogP contribution is 2.18. The average molecular weight is 393 g/mol. The van der Waals surface area contributed by atoms with Gasteiger partial charge in [-0.25, -0.2) is 12.7 Å². The number of rotatable bonds is 5. The smallest absolute Gasteiger partial charge is 0.308 e. The molecule has 2 saturated heterocycles. The Bertz CT molecular complexity index is 568. The summed E-state index contributed by atoms with van der Waals surface area (Å²) in [7, 11) is -0.120. The maximum Gasteiger partial charge on any atom is 0.308 e. The van der Waals surface area contributed by atoms with Crippen molar-refractivity contribution in [1.29, 1.82) is 0 Å². The molecule has 0 atom stereocenters. The molecule has 2 fully saturated rings. The number of nitrogens with zero attached hydrogens (tertiary/aromatic N) is 3. The number of methoxy groups -OCH3 is 1. The standard InChI is InChI=1S/C15H28N4O4S2/c1-16-15(18-6-3-13(4-7-18)14(20)23-2)17-5-12-25(21,22)19-8-10-24-11-9-19/h13H,3-12H2,1-2H3,(H,16,17). The van der Waals surface area contributed by atoms with Crippen LogP contribution in [0, 0.1) is 5.92 Å². The lowest BCUT2D eigenvalue weighted by Gasteiger charge is -2.33. The first-order valence-corrected chi connectivity index (χ1v) is 11.3. The average Bonchev–Trinajstić information content (AvgIpc) is 2.65. The minimum Gasteiger partial charge on any atom is -0.469 e. The van der Waals surface area contributed by atoms with E-state index in [0.29, 0.717) is 38.7 Å². The van der Waals surface area contributed by atoms with Crippen LogP contribution in [-0.2, 0) is 19.6 Å². The summed E-state index contributed by atoms with van der Waals surface area (Å²) in [5.74, 6) is 2.26. The molecule has 0 bridgehead atoms. The van der Waals surface area contributed by atoms with Gasteiger partial charge in [-0.15, -0.1) is 0 Å². The molecule has 0 amide bonds. The van der Waals surface area contributed by atoms with Gasteiger partial charge in [-0.3, -0.25) is 9.79 Å². The third-order valence-electron chi connectivity index (χ3n) is 4.55. The van der Waals surface area contributed by atoms with Crippen molar-refractivity contribution in [2.24, 2.45) is 10.9 Å². The Morgan fingerprint density at radius 1 is 1.24 bits per heavy atom. The molecule has 0 radical (unpaired) electrons. The van der Waals surface area contributed by atoms with Crippen molar-refractivity contribution in [3.05, 3.63) is 0 Å². The van der Waals surface area contributed by atoms with Gasteiger partial charge in [0.1, 0.15) is 0 Å². The Morgan fingerprint density at radius 3 is 2.44 bits per heavy atom. The van der Waals surface area contributed by atoms with E-state index in [1.54, 1.807) is 23.1 Å². The minimum atomic E-state index is -3.22. The van der Waals surface area contributed by atoms with Gasteiger partial charge in [-0.1, -0.05) is 0 Å². The molecular formula is C15H28N4O4S2. The number of carbonyl (C=O) groups excluding carboxylic acids is 1. The van der Waals surface area contributed by atoms with Crippen LogP contribution in [0.1, 0.15) is 12.8 Å². The zero-order valence-corrected chi connectivity index (χ0v) is 16.6. The first-order valence-electron chi connectivity index (χ1n) is 8.57. The fourth-order valence-corrected chi connectivity index (χ4v) is 5.56. The molecule has 2 aliphatic heterocycles. The highest BCUT2D eigenvalue weighted by molar-refractivity contribution is 7.99. The summed E-state index contributed by atoms with van der Waals surface area (Å²) in [4.78, 5) is 17.9. The van der Waals surface area contributed by atoms with Crippen molar-refractivity contribution in [1.82, 2.24) is 14.5 Å². The van der Waals surface area contributed by atoms with E-state index in [1.807, 2.05) is 0 Å². The fourth-order valence-electron chi connectivity index (χ4n) is 3.07. The lowest BCUT2D eigenvalue weighted by molar-refractivity contribution is -0.146. The van der Waals surface area contributed by atoms with E-state index in [-0.39, 0.29) is 17.6 Å². The van der Waals surface area contributed by atoms with Gasteiger partial charge in [-0.05, 0) is 12.8 Å². The van der Waals surface area contributed by atoms with Crippen LogP contribution in [0.2, 0.25) is 0 Å². The highest BCUT2D eigenvalue weighted by atomic mass is 32.2. The second-order valence-corrected chi connectivity index (χ2v) is 9.40. The molecule has 2 aliphatic rings. The number of aliphatic imine (C=N–C) groups is 1. The fraction of sp³-hybridized carbons (Fsp3) is 0.867. The molecule has 0 spiro atoms. The van der Waals surface area contributed by atoms with Crippen LogP contribution in [0.15, 0.2) is 4.99 Å². The maximum atomic E-state index is 12.4. The Kier molecular flexibility index (Phi) is 7.82. The topological polar surface area (TPSA) is 91.3 Å². The van der Waals surface area contributed by atoms with Crippen molar-refractivity contribution in [3.63, 3.8) is 0 Å². The predicted octanol–water partition coefficient (Wildman–Crippen LogP) is -0.175. The number of carbonyl (C=O) groups is 1. The van der Waals surface area contributed by atoms with Gasteiger partial charge in [0, 0.05) is 51.3 Å². The van der Waals surface area contributed by atoms with Crippen molar-refractivity contribution >= 4 is 33.7 Å². The number of thioether (sulfide) groups is 1. The lowest BCUT2D eigenvalue weighted by atomic mass is 9.97. The molecule has 0 unspecified atom stereocenters. The van der Waals surface area contributed by atoms with Crippen molar-refractivity contribution in [2.75, 3.05) is 64.1 Å². The molecule has 144 valence electrons. The molecule has 0 aromatic rings. The molecule has 2 heterocycles. The van der Waals surface area contributed by atoms with E-state index in [4.69, 9.17) is 4.74 Å². The molecule has 0 saturated carbocycles. The quantitative estimate of drug-likeness (QED) is 0.394.